The van der Waals surface area contributed by atoms with Crippen molar-refractivity contribution in [1.82, 2.24) is 9.97 Å². The van der Waals surface area contributed by atoms with Gasteiger partial charge in [0.1, 0.15) is 0 Å². The van der Waals surface area contributed by atoms with E-state index in [0.29, 0.717) is 19.0 Å². The van der Waals surface area contributed by atoms with Gasteiger partial charge in [-0.1, -0.05) is 30.3 Å². The van der Waals surface area contributed by atoms with Crippen LogP contribution in [0.15, 0.2) is 36.5 Å². The topological polar surface area (TPSA) is 29.0 Å². The zero-order chi connectivity index (χ0) is 15.3. The maximum absolute atomic E-state index is 13.2. The largest absolute Gasteiger partial charge is 0.340 e. The van der Waals surface area contributed by atoms with Gasteiger partial charge in [-0.05, 0) is 18.1 Å². The second-order valence-corrected chi connectivity index (χ2v) is 6.24. The molecule has 1 aliphatic heterocycles. The van der Waals surface area contributed by atoms with Gasteiger partial charge in [0, 0.05) is 31.4 Å². The van der Waals surface area contributed by atoms with Crippen molar-refractivity contribution in [3.63, 3.8) is 0 Å². The lowest BCUT2D eigenvalue weighted by Gasteiger charge is -2.20. The van der Waals surface area contributed by atoms with Crippen molar-refractivity contribution >= 4 is 5.95 Å². The minimum absolute atomic E-state index is 0.370. The maximum atomic E-state index is 13.2. The number of hydrogen-bond acceptors (Lipinski definition) is 3. The summed E-state index contributed by atoms with van der Waals surface area (Å²) in [6.45, 7) is 2.69. The summed E-state index contributed by atoms with van der Waals surface area (Å²) in [5.74, 6) is -2.88. The Kier molecular flexibility index (Phi) is 2.93. The lowest BCUT2D eigenvalue weighted by atomic mass is 10.1. The van der Waals surface area contributed by atoms with E-state index in [2.05, 4.69) is 22.1 Å². The molecule has 2 unspecified atom stereocenters. The predicted octanol–water partition coefficient (Wildman–Crippen LogP) is 3.08. The number of anilines is 1. The van der Waals surface area contributed by atoms with Crippen LogP contribution >= 0.6 is 0 Å². The first-order valence-electron chi connectivity index (χ1n) is 7.55. The Balaban J connectivity index is 1.49. The van der Waals surface area contributed by atoms with Gasteiger partial charge >= 0.3 is 0 Å². The van der Waals surface area contributed by atoms with E-state index in [9.17, 15) is 8.78 Å². The Bertz CT molecular complexity index is 688. The number of piperidine rings is 1. The van der Waals surface area contributed by atoms with Crippen LogP contribution < -0.4 is 4.90 Å². The molecule has 0 radical (unpaired) electrons. The van der Waals surface area contributed by atoms with Crippen molar-refractivity contribution in [1.29, 1.82) is 0 Å². The molecule has 2 aliphatic rings. The van der Waals surface area contributed by atoms with Crippen LogP contribution in [0.4, 0.5) is 14.7 Å². The molecular weight excluding hydrogens is 284 g/mol. The van der Waals surface area contributed by atoms with Crippen LogP contribution in [-0.4, -0.2) is 29.0 Å². The smallest absolute Gasteiger partial charge is 0.258 e. The first-order chi connectivity index (χ1) is 10.6. The SMILES string of the molecule is Cc1nc(N2CC3C(C2)C3(F)F)ncc1Cc1ccccc1. The Hall–Kier alpha value is -2.04. The summed E-state index contributed by atoms with van der Waals surface area (Å²) in [5.41, 5.74) is 3.20. The van der Waals surface area contributed by atoms with Gasteiger partial charge in [-0.25, -0.2) is 18.7 Å². The summed E-state index contributed by atoms with van der Waals surface area (Å²) in [6.07, 6.45) is 2.61. The molecule has 0 N–H and O–H groups in total. The van der Waals surface area contributed by atoms with Crippen LogP contribution in [0.2, 0.25) is 0 Å². The fraction of sp³-hybridized carbons (Fsp3) is 0.412. The third-order valence-electron chi connectivity index (χ3n) is 4.79. The van der Waals surface area contributed by atoms with E-state index < -0.39 is 17.8 Å². The van der Waals surface area contributed by atoms with Crippen molar-refractivity contribution in [2.75, 3.05) is 18.0 Å². The summed E-state index contributed by atoms with van der Waals surface area (Å²) >= 11 is 0. The normalized spacial score (nSPS) is 25.1. The van der Waals surface area contributed by atoms with Crippen LogP contribution in [0, 0.1) is 18.8 Å². The quantitative estimate of drug-likeness (QED) is 0.872. The van der Waals surface area contributed by atoms with Crippen molar-refractivity contribution in [3.8, 4) is 0 Å². The minimum Gasteiger partial charge on any atom is -0.340 e. The fourth-order valence-electron chi connectivity index (χ4n) is 3.29. The van der Waals surface area contributed by atoms with Crippen molar-refractivity contribution < 1.29 is 8.78 Å². The first-order valence-corrected chi connectivity index (χ1v) is 7.55. The van der Waals surface area contributed by atoms with Gasteiger partial charge in [0.15, 0.2) is 0 Å². The summed E-state index contributed by atoms with van der Waals surface area (Å²) < 4.78 is 26.5. The molecule has 1 saturated carbocycles. The van der Waals surface area contributed by atoms with Crippen molar-refractivity contribution in [2.24, 2.45) is 11.8 Å². The Labute approximate surface area is 128 Å². The summed E-state index contributed by atoms with van der Waals surface area (Å²) in [7, 11) is 0. The highest BCUT2D eigenvalue weighted by Gasteiger charge is 2.71. The number of nitrogens with zero attached hydrogens (tertiary/aromatic N) is 3. The molecule has 2 atom stereocenters. The molecule has 1 aromatic heterocycles. The number of aromatic nitrogens is 2. The monoisotopic (exact) mass is 301 g/mol. The van der Waals surface area contributed by atoms with Gasteiger partial charge in [0.05, 0.1) is 11.8 Å². The predicted molar refractivity (Wildman–Crippen MR) is 80.2 cm³/mol. The molecule has 1 aliphatic carbocycles. The molecule has 0 bridgehead atoms. The third kappa shape index (κ3) is 2.16. The summed E-state index contributed by atoms with van der Waals surface area (Å²) in [4.78, 5) is 10.8. The van der Waals surface area contributed by atoms with E-state index in [4.69, 9.17) is 0 Å². The molecule has 5 heteroatoms. The van der Waals surface area contributed by atoms with Gasteiger partial charge in [-0.15, -0.1) is 0 Å². The van der Waals surface area contributed by atoms with Crippen LogP contribution in [0.1, 0.15) is 16.8 Å². The Morgan fingerprint density at radius 2 is 1.86 bits per heavy atom. The molecule has 2 heterocycles. The first kappa shape index (κ1) is 13.6. The lowest BCUT2D eigenvalue weighted by Crippen LogP contribution is -2.29. The fourth-order valence-corrected chi connectivity index (χ4v) is 3.29. The highest BCUT2D eigenvalue weighted by Crippen LogP contribution is 2.59. The van der Waals surface area contributed by atoms with Gasteiger partial charge in [0.25, 0.3) is 5.92 Å². The average molecular weight is 301 g/mol. The highest BCUT2D eigenvalue weighted by molar-refractivity contribution is 5.39. The van der Waals surface area contributed by atoms with Crippen molar-refractivity contribution in [3.05, 3.63) is 53.3 Å². The number of alkyl halides is 2. The average Bonchev–Trinajstić information content (AvgIpc) is 2.89. The van der Waals surface area contributed by atoms with Crippen LogP contribution in [0.3, 0.4) is 0 Å². The van der Waals surface area contributed by atoms with E-state index in [1.807, 2.05) is 36.2 Å². The minimum atomic E-state index is -2.46. The molecular formula is C17H17F2N3. The highest BCUT2D eigenvalue weighted by atomic mass is 19.3. The second kappa shape index (κ2) is 4.73. The van der Waals surface area contributed by atoms with Gasteiger partial charge in [-0.2, -0.15) is 0 Å². The molecule has 2 fully saturated rings. The number of fused-ring (bicyclic) bond motifs is 1. The number of hydrogen-bond donors (Lipinski definition) is 0. The van der Waals surface area contributed by atoms with E-state index >= 15 is 0 Å². The number of benzene rings is 1. The Morgan fingerprint density at radius 1 is 1.18 bits per heavy atom. The maximum Gasteiger partial charge on any atom is 0.258 e. The third-order valence-corrected chi connectivity index (χ3v) is 4.79. The van der Waals surface area contributed by atoms with Crippen molar-refractivity contribution in [2.45, 2.75) is 19.3 Å². The van der Waals surface area contributed by atoms with Crippen LogP contribution in [0.5, 0.6) is 0 Å². The van der Waals surface area contributed by atoms with E-state index in [1.54, 1.807) is 0 Å². The molecule has 22 heavy (non-hydrogen) atoms. The molecule has 1 saturated heterocycles. The van der Waals surface area contributed by atoms with Gasteiger partial charge in [-0.3, -0.25) is 0 Å². The van der Waals surface area contributed by atoms with Gasteiger partial charge in [0.2, 0.25) is 5.95 Å². The zero-order valence-corrected chi connectivity index (χ0v) is 12.3. The summed E-state index contributed by atoms with van der Waals surface area (Å²) in [6, 6.07) is 10.2. The molecule has 0 amide bonds. The van der Waals surface area contributed by atoms with Crippen LogP contribution in [-0.2, 0) is 6.42 Å². The number of aryl methyl sites for hydroxylation is 1. The standard InChI is InChI=1S/C17H17F2N3/c1-11-13(7-12-5-3-2-4-6-12)8-20-16(21-11)22-9-14-15(10-22)17(14,18)19/h2-6,8,14-15H,7,9-10H2,1H3. The second-order valence-electron chi connectivity index (χ2n) is 6.24. The molecule has 1 aromatic carbocycles. The summed E-state index contributed by atoms with van der Waals surface area (Å²) in [5, 5.41) is 0. The molecule has 114 valence electrons. The lowest BCUT2D eigenvalue weighted by molar-refractivity contribution is 0.0796. The number of halogens is 2. The molecule has 4 rings (SSSR count). The molecule has 3 nitrogen and oxygen atoms in total. The molecule has 2 aromatic rings. The molecule has 0 spiro atoms. The van der Waals surface area contributed by atoms with E-state index in [1.165, 1.54) is 5.56 Å². The van der Waals surface area contributed by atoms with Crippen LogP contribution in [0.25, 0.3) is 0 Å². The van der Waals surface area contributed by atoms with Gasteiger partial charge < -0.3 is 4.90 Å². The van der Waals surface area contributed by atoms with E-state index in [0.717, 1.165) is 17.7 Å². The Morgan fingerprint density at radius 3 is 2.50 bits per heavy atom. The van der Waals surface area contributed by atoms with E-state index in [-0.39, 0.29) is 0 Å². The number of rotatable bonds is 3. The zero-order valence-electron chi connectivity index (χ0n) is 12.3.